The minimum atomic E-state index is -0.547. The summed E-state index contributed by atoms with van der Waals surface area (Å²) < 4.78 is 3.35. The molecule has 196 valence electrons. The van der Waals surface area contributed by atoms with Gasteiger partial charge in [-0.05, 0) is 75.3 Å². The van der Waals surface area contributed by atoms with Gasteiger partial charge in [-0.25, -0.2) is 4.98 Å². The maximum Gasteiger partial charge on any atom is 0.295 e. The van der Waals surface area contributed by atoms with Crippen molar-refractivity contribution in [3.05, 3.63) is 94.5 Å². The van der Waals surface area contributed by atoms with Crippen LogP contribution < -0.4 is 5.56 Å². The Kier molecular flexibility index (Phi) is 6.50. The van der Waals surface area contributed by atoms with E-state index in [1.807, 2.05) is 41.0 Å². The fourth-order valence-corrected chi connectivity index (χ4v) is 5.27. The molecule has 1 aliphatic heterocycles. The number of amides is 1. The normalized spacial score (nSPS) is 14.5. The van der Waals surface area contributed by atoms with Gasteiger partial charge >= 0.3 is 0 Å². The first-order valence-electron chi connectivity index (χ1n) is 13.1. The number of benzene rings is 3. The first kappa shape index (κ1) is 24.7. The largest absolute Gasteiger partial charge is 0.493 e. The average molecular weight is 521 g/mol. The van der Waals surface area contributed by atoms with E-state index in [2.05, 4.69) is 20.1 Å². The number of hydrogen-bond donors (Lipinski definition) is 1. The van der Waals surface area contributed by atoms with Crippen molar-refractivity contribution < 1.29 is 9.90 Å². The quantitative estimate of drug-likeness (QED) is 0.298. The molecule has 0 bridgehead atoms. The van der Waals surface area contributed by atoms with Gasteiger partial charge in [0.05, 0.1) is 28.8 Å². The van der Waals surface area contributed by atoms with Gasteiger partial charge in [-0.2, -0.15) is 0 Å². The van der Waals surface area contributed by atoms with Crippen LogP contribution in [0.1, 0.15) is 35.4 Å². The lowest BCUT2D eigenvalue weighted by Gasteiger charge is -2.27. The zero-order chi connectivity index (χ0) is 26.9. The summed E-state index contributed by atoms with van der Waals surface area (Å²) in [7, 11) is 0. The van der Waals surface area contributed by atoms with E-state index in [1.165, 1.54) is 11.0 Å². The van der Waals surface area contributed by atoms with Gasteiger partial charge in [0.15, 0.2) is 5.69 Å². The van der Waals surface area contributed by atoms with Gasteiger partial charge in [-0.1, -0.05) is 36.8 Å². The number of carbonyl (C=O) groups excluding carboxylic acids is 1. The fraction of sp³-hybridized carbons (Fsp3) is 0.233. The lowest BCUT2D eigenvalue weighted by atomic mass is 10.1. The Hall–Kier alpha value is -4.63. The van der Waals surface area contributed by atoms with Crippen molar-refractivity contribution >= 4 is 33.4 Å². The molecule has 2 aromatic heterocycles. The van der Waals surface area contributed by atoms with E-state index in [0.717, 1.165) is 36.8 Å². The average Bonchev–Trinajstić information content (AvgIpc) is 3.23. The zero-order valence-corrected chi connectivity index (χ0v) is 21.6. The van der Waals surface area contributed by atoms with Gasteiger partial charge in [0, 0.05) is 10.9 Å². The Balaban J connectivity index is 1.28. The minimum Gasteiger partial charge on any atom is -0.493 e. The minimum absolute atomic E-state index is 0.00711. The molecule has 1 amide bonds. The molecule has 0 unspecified atom stereocenters. The van der Waals surface area contributed by atoms with Crippen LogP contribution in [0.2, 0.25) is 0 Å². The standard InChI is InChI=1S/C30H28N6O3/c1-20-31-25-11-5-3-9-23(25)29(38)36(20)22-15-13-21(14-16-22)28(37)33-32-27-24-10-4-6-12-26(24)35(30(27)39)19-34-17-7-2-8-18-34/h3-6,9-16,39H,2,7-8,17-19H2,1H3. The Morgan fingerprint density at radius 1 is 0.923 bits per heavy atom. The smallest absolute Gasteiger partial charge is 0.295 e. The van der Waals surface area contributed by atoms with Crippen LogP contribution in [0.15, 0.2) is 87.8 Å². The Labute approximate surface area is 224 Å². The first-order chi connectivity index (χ1) is 19.0. The summed E-state index contributed by atoms with van der Waals surface area (Å²) in [5, 5.41) is 20.4. The van der Waals surface area contributed by atoms with Gasteiger partial charge in [0.25, 0.3) is 11.5 Å². The maximum atomic E-state index is 13.1. The van der Waals surface area contributed by atoms with Crippen LogP contribution in [0, 0.1) is 6.92 Å². The second-order valence-corrected chi connectivity index (χ2v) is 9.81. The van der Waals surface area contributed by atoms with E-state index in [9.17, 15) is 14.7 Å². The Bertz CT molecular complexity index is 1780. The molecule has 0 saturated carbocycles. The van der Waals surface area contributed by atoms with Crippen molar-refractivity contribution in [3.8, 4) is 11.6 Å². The summed E-state index contributed by atoms with van der Waals surface area (Å²) in [6.45, 7) is 4.30. The van der Waals surface area contributed by atoms with Crippen molar-refractivity contribution in [2.45, 2.75) is 32.9 Å². The van der Waals surface area contributed by atoms with E-state index in [4.69, 9.17) is 0 Å². The Morgan fingerprint density at radius 3 is 2.38 bits per heavy atom. The van der Waals surface area contributed by atoms with Crippen molar-refractivity contribution in [1.29, 1.82) is 0 Å². The third-order valence-corrected chi connectivity index (χ3v) is 7.26. The third-order valence-electron chi connectivity index (χ3n) is 7.26. The molecule has 0 radical (unpaired) electrons. The SMILES string of the molecule is Cc1nc2ccccc2c(=O)n1-c1ccc(C(=O)N=Nc2c(O)n(CN3CCCCC3)c3ccccc23)cc1. The topological polar surface area (TPSA) is 105 Å². The highest BCUT2D eigenvalue weighted by Crippen LogP contribution is 2.39. The van der Waals surface area contributed by atoms with Gasteiger partial charge in [-0.3, -0.25) is 23.6 Å². The van der Waals surface area contributed by atoms with Crippen molar-refractivity contribution in [2.24, 2.45) is 10.2 Å². The number of para-hydroxylation sites is 2. The molecule has 1 N–H and O–H groups in total. The lowest BCUT2D eigenvalue weighted by Crippen LogP contribution is -2.31. The second-order valence-electron chi connectivity index (χ2n) is 9.81. The number of azo groups is 1. The molecular weight excluding hydrogens is 492 g/mol. The molecule has 1 fully saturated rings. The highest BCUT2D eigenvalue weighted by atomic mass is 16.3. The predicted octanol–water partition coefficient (Wildman–Crippen LogP) is 5.72. The summed E-state index contributed by atoms with van der Waals surface area (Å²) in [6, 6.07) is 21.4. The molecule has 9 nitrogen and oxygen atoms in total. The van der Waals surface area contributed by atoms with Crippen LogP contribution in [0.4, 0.5) is 5.69 Å². The van der Waals surface area contributed by atoms with Gasteiger partial charge in [0.1, 0.15) is 5.82 Å². The van der Waals surface area contributed by atoms with Crippen LogP contribution in [-0.4, -0.2) is 43.1 Å². The third kappa shape index (κ3) is 4.61. The monoisotopic (exact) mass is 520 g/mol. The molecular formula is C30H28N6O3. The first-order valence-corrected chi connectivity index (χ1v) is 13.1. The number of aromatic nitrogens is 3. The van der Waals surface area contributed by atoms with Crippen LogP contribution in [0.3, 0.4) is 0 Å². The molecule has 39 heavy (non-hydrogen) atoms. The summed E-state index contributed by atoms with van der Waals surface area (Å²) in [5.41, 5.74) is 2.51. The molecule has 6 rings (SSSR count). The Morgan fingerprint density at radius 2 is 1.62 bits per heavy atom. The van der Waals surface area contributed by atoms with E-state index >= 15 is 0 Å². The van der Waals surface area contributed by atoms with Gasteiger partial charge in [0.2, 0.25) is 5.88 Å². The predicted molar refractivity (Wildman–Crippen MR) is 150 cm³/mol. The summed E-state index contributed by atoms with van der Waals surface area (Å²) in [6.07, 6.45) is 3.52. The van der Waals surface area contributed by atoms with Crippen LogP contribution in [0.25, 0.3) is 27.5 Å². The maximum absolute atomic E-state index is 13.1. The summed E-state index contributed by atoms with van der Waals surface area (Å²) >= 11 is 0. The molecule has 0 atom stereocenters. The number of fused-ring (bicyclic) bond motifs is 2. The number of rotatable bonds is 5. The van der Waals surface area contributed by atoms with E-state index < -0.39 is 5.91 Å². The molecule has 3 heterocycles. The zero-order valence-electron chi connectivity index (χ0n) is 21.6. The molecule has 1 saturated heterocycles. The van der Waals surface area contributed by atoms with Crippen LogP contribution in [-0.2, 0) is 6.67 Å². The van der Waals surface area contributed by atoms with E-state index in [-0.39, 0.29) is 17.1 Å². The number of piperidine rings is 1. The second kappa shape index (κ2) is 10.3. The lowest BCUT2D eigenvalue weighted by molar-refractivity contribution is 0.0995. The number of carbonyl (C=O) groups is 1. The number of aromatic hydroxyl groups is 1. The molecule has 1 aliphatic rings. The molecule has 0 aliphatic carbocycles. The van der Waals surface area contributed by atoms with Crippen LogP contribution in [0.5, 0.6) is 5.88 Å². The van der Waals surface area contributed by atoms with Crippen molar-refractivity contribution in [2.75, 3.05) is 13.1 Å². The summed E-state index contributed by atoms with van der Waals surface area (Å²) in [5.74, 6) is -0.00396. The number of likely N-dealkylation sites (tertiary alicyclic amines) is 1. The fourth-order valence-electron chi connectivity index (χ4n) is 5.27. The molecule has 0 spiro atoms. The highest BCUT2D eigenvalue weighted by Gasteiger charge is 2.20. The molecule has 9 heteroatoms. The van der Waals surface area contributed by atoms with E-state index in [0.29, 0.717) is 34.6 Å². The summed E-state index contributed by atoms with van der Waals surface area (Å²) in [4.78, 5) is 32.8. The number of hydrogen-bond acceptors (Lipinski definition) is 6. The van der Waals surface area contributed by atoms with Crippen LogP contribution >= 0.6 is 0 Å². The molecule has 3 aromatic carbocycles. The number of nitrogens with zero attached hydrogens (tertiary/aromatic N) is 6. The van der Waals surface area contributed by atoms with E-state index in [1.54, 1.807) is 43.3 Å². The van der Waals surface area contributed by atoms with Crippen molar-refractivity contribution in [3.63, 3.8) is 0 Å². The number of aryl methyl sites for hydroxylation is 1. The highest BCUT2D eigenvalue weighted by molar-refractivity contribution is 5.97. The van der Waals surface area contributed by atoms with Gasteiger partial charge < -0.3 is 5.11 Å². The van der Waals surface area contributed by atoms with Crippen molar-refractivity contribution in [1.82, 2.24) is 19.0 Å². The molecule has 5 aromatic rings. The van der Waals surface area contributed by atoms with Gasteiger partial charge in [-0.15, -0.1) is 10.2 Å².